The Morgan fingerprint density at radius 3 is 1.55 bits per heavy atom. The number of ketones is 1. The van der Waals surface area contributed by atoms with Crippen LogP contribution in [0.5, 0.6) is 0 Å². The molecule has 214 valence electrons. The molecule has 0 N–H and O–H groups in total. The Hall–Kier alpha value is -1.11. The van der Waals surface area contributed by atoms with Crippen LogP contribution in [0.2, 0.25) is 0 Å². The summed E-state index contributed by atoms with van der Waals surface area (Å²) in [6.07, 6.45) is -7.18. The molecule has 1 unspecified atom stereocenters. The van der Waals surface area contributed by atoms with Gasteiger partial charge in [0.25, 0.3) is 0 Å². The summed E-state index contributed by atoms with van der Waals surface area (Å²) in [5.41, 5.74) is -3.24. The van der Waals surface area contributed by atoms with Gasteiger partial charge in [-0.15, -0.1) is 0 Å². The van der Waals surface area contributed by atoms with E-state index in [1.54, 1.807) is 6.92 Å². The molecule has 0 heterocycles. The van der Waals surface area contributed by atoms with Gasteiger partial charge in [0.05, 0.1) is 0 Å². The van der Waals surface area contributed by atoms with Crippen LogP contribution >= 0.6 is 0 Å². The van der Waals surface area contributed by atoms with Crippen molar-refractivity contribution in [3.63, 3.8) is 0 Å². The number of hydrogen-bond acceptors (Lipinski definition) is 4. The zero-order valence-corrected chi connectivity index (χ0v) is 22.0. The molecule has 38 heavy (non-hydrogen) atoms. The van der Waals surface area contributed by atoms with Gasteiger partial charge in [0.15, 0.2) is 5.78 Å². The minimum absolute atomic E-state index is 0. The molecule has 0 aliphatic rings. The first-order valence-electron chi connectivity index (χ1n) is 9.87. The summed E-state index contributed by atoms with van der Waals surface area (Å²) in [6.45, 7) is 1.67. The molecule has 4 nitrogen and oxygen atoms in total. The van der Waals surface area contributed by atoms with Crippen LogP contribution in [0.1, 0.15) is 48.5 Å². The molecule has 0 aliphatic carbocycles. The van der Waals surface area contributed by atoms with Crippen LogP contribution in [0.15, 0.2) is 24.3 Å². The average molecular weight is 610 g/mol. The second kappa shape index (κ2) is 11.8. The van der Waals surface area contributed by atoms with Gasteiger partial charge in [0, 0.05) is 11.1 Å². The van der Waals surface area contributed by atoms with E-state index in [1.807, 2.05) is 0 Å². The van der Waals surface area contributed by atoms with Crippen LogP contribution in [0.3, 0.4) is 0 Å². The van der Waals surface area contributed by atoms with E-state index in [9.17, 15) is 74.8 Å². The van der Waals surface area contributed by atoms with Crippen LogP contribution in [0.4, 0.5) is 57.1 Å². The summed E-state index contributed by atoms with van der Waals surface area (Å²) < 4.78 is 207. The van der Waals surface area contributed by atoms with Crippen molar-refractivity contribution in [3.8, 4) is 0 Å². The molecule has 0 saturated heterocycles. The summed E-state index contributed by atoms with van der Waals surface area (Å²) >= 11 is 0. The summed E-state index contributed by atoms with van der Waals surface area (Å²) in [6, 6.07) is -0.309. The van der Waals surface area contributed by atoms with Crippen LogP contribution in [0.25, 0.3) is 0 Å². The Labute approximate surface area is 229 Å². The number of benzene rings is 1. The minimum atomic E-state index is -8.06. The van der Waals surface area contributed by atoms with Crippen molar-refractivity contribution in [2.75, 3.05) is 0 Å². The van der Waals surface area contributed by atoms with Crippen molar-refractivity contribution in [1.82, 2.24) is 0 Å². The molecule has 0 aromatic heterocycles. The molecule has 0 amide bonds. The Bertz CT molecular complexity index is 1070. The van der Waals surface area contributed by atoms with E-state index in [0.29, 0.717) is 12.8 Å². The second-order valence-electron chi connectivity index (χ2n) is 7.79. The molecule has 19 heteroatoms. The Morgan fingerprint density at radius 2 is 1.18 bits per heavy atom. The monoisotopic (exact) mass is 610 g/mol. The maximum atomic E-state index is 14.2. The fourth-order valence-electron chi connectivity index (χ4n) is 2.97. The molecule has 0 radical (unpaired) electrons. The predicted molar refractivity (Wildman–Crippen MR) is 98.1 cm³/mol. The number of unbranched alkanes of at least 4 members (excludes halogenated alkanes) is 2. The third-order valence-electron chi connectivity index (χ3n) is 5.18. The molecule has 0 saturated carbocycles. The minimum Gasteiger partial charge on any atom is -0.747 e. The van der Waals surface area contributed by atoms with E-state index >= 15 is 0 Å². The summed E-state index contributed by atoms with van der Waals surface area (Å²) in [5, 5.41) is -2.26. The van der Waals surface area contributed by atoms with Crippen molar-refractivity contribution in [2.24, 2.45) is 0 Å². The molecule has 0 spiro atoms. The smallest absolute Gasteiger partial charge is 0.747 e. The van der Waals surface area contributed by atoms with E-state index in [2.05, 4.69) is 0 Å². The number of alkyl halides is 13. The standard InChI is InChI=1S/C19H17F13O4S.Na/c1-2-3-4-5-12(37(34,35)36)13(33)10-6-8-11(9-7-10)14(20,21)15(22,23)16(24,25)17(26,27)18(28,29)19(30,31)32;/h6-9,12H,2-5H2,1H3,(H,34,35,36);/q;+1/p-1. The van der Waals surface area contributed by atoms with Crippen LogP contribution < -0.4 is 29.6 Å². The molecular weight excluding hydrogens is 594 g/mol. The maximum Gasteiger partial charge on any atom is 1.00 e. The van der Waals surface area contributed by atoms with E-state index in [4.69, 9.17) is 0 Å². The summed E-state index contributed by atoms with van der Waals surface area (Å²) in [4.78, 5) is 12.3. The first kappa shape index (κ1) is 36.9. The van der Waals surface area contributed by atoms with Gasteiger partial charge in [-0.05, 0) is 6.42 Å². The quantitative estimate of drug-likeness (QED) is 0.119. The first-order valence-corrected chi connectivity index (χ1v) is 11.3. The second-order valence-corrected chi connectivity index (χ2v) is 9.34. The largest absolute Gasteiger partial charge is 1.00 e. The summed E-state index contributed by atoms with van der Waals surface area (Å²) in [7, 11) is -5.33. The normalized spacial score (nSPS) is 15.1. The van der Waals surface area contributed by atoms with E-state index in [1.165, 1.54) is 0 Å². The molecular formula is C19H16F13NaO4S. The fourth-order valence-corrected chi connectivity index (χ4v) is 3.82. The number of carbonyl (C=O) groups is 1. The van der Waals surface area contributed by atoms with E-state index < -0.39 is 74.5 Å². The van der Waals surface area contributed by atoms with Gasteiger partial charge in [-0.2, -0.15) is 57.1 Å². The number of Topliss-reactive ketones (excluding diaryl/α,β-unsaturated/α-hetero) is 1. The van der Waals surface area contributed by atoms with Gasteiger partial charge in [0.2, 0.25) is 0 Å². The van der Waals surface area contributed by atoms with Crippen LogP contribution in [0, 0.1) is 0 Å². The van der Waals surface area contributed by atoms with E-state index in [0.717, 1.165) is 0 Å². The number of hydrogen-bond donors (Lipinski definition) is 0. The van der Waals surface area contributed by atoms with Gasteiger partial charge in [-0.25, -0.2) is 8.42 Å². The zero-order valence-electron chi connectivity index (χ0n) is 19.2. The molecule has 0 bridgehead atoms. The Kier molecular flexibility index (Phi) is 11.4. The van der Waals surface area contributed by atoms with Gasteiger partial charge >= 0.3 is 65.3 Å². The van der Waals surface area contributed by atoms with Crippen LogP contribution in [-0.4, -0.2) is 53.9 Å². The molecule has 0 fully saturated rings. The van der Waals surface area contributed by atoms with Gasteiger partial charge in [-0.3, -0.25) is 4.79 Å². The van der Waals surface area contributed by atoms with E-state index in [-0.39, 0.29) is 60.2 Å². The fraction of sp³-hybridized carbons (Fsp3) is 0.632. The summed E-state index contributed by atoms with van der Waals surface area (Å²) in [5.74, 6) is -39.5. The Morgan fingerprint density at radius 1 is 0.763 bits per heavy atom. The molecule has 0 aliphatic heterocycles. The molecule has 1 aromatic carbocycles. The average Bonchev–Trinajstić information content (AvgIpc) is 2.74. The van der Waals surface area contributed by atoms with Crippen molar-refractivity contribution < 1.29 is 104 Å². The van der Waals surface area contributed by atoms with Crippen molar-refractivity contribution in [1.29, 1.82) is 0 Å². The topological polar surface area (TPSA) is 74.3 Å². The van der Waals surface area contributed by atoms with Crippen molar-refractivity contribution >= 4 is 15.9 Å². The van der Waals surface area contributed by atoms with Gasteiger partial charge < -0.3 is 4.55 Å². The number of halogens is 13. The van der Waals surface area contributed by atoms with Crippen molar-refractivity contribution in [3.05, 3.63) is 35.4 Å². The maximum absolute atomic E-state index is 14.2. The van der Waals surface area contributed by atoms with Gasteiger partial charge in [-0.1, -0.05) is 50.5 Å². The number of carbonyl (C=O) groups excluding carboxylic acids is 1. The van der Waals surface area contributed by atoms with Gasteiger partial charge in [0.1, 0.15) is 15.4 Å². The Balaban J connectivity index is 0.0000137. The zero-order chi connectivity index (χ0) is 29.5. The molecule has 1 rings (SSSR count). The van der Waals surface area contributed by atoms with Crippen molar-refractivity contribution in [2.45, 2.75) is 73.6 Å². The first-order chi connectivity index (χ1) is 16.3. The third kappa shape index (κ3) is 6.44. The predicted octanol–water partition coefficient (Wildman–Crippen LogP) is 3.56. The van der Waals surface area contributed by atoms with Crippen LogP contribution in [-0.2, 0) is 16.0 Å². The third-order valence-corrected chi connectivity index (χ3v) is 6.32. The SMILES string of the molecule is CCCCCC(C(=O)c1ccc(C(F)(F)C(F)(F)C(F)(F)C(F)(F)C(F)(F)C(F)(F)F)cc1)S(=O)(=O)[O-].[Na+]. The molecule has 1 atom stereocenters. The molecule has 1 aromatic rings. The number of rotatable bonds is 12.